The number of rotatable bonds is 5. The zero-order valence-electron chi connectivity index (χ0n) is 17.9. The van der Waals surface area contributed by atoms with Gasteiger partial charge in [-0.05, 0) is 54.2 Å². The van der Waals surface area contributed by atoms with Crippen LogP contribution in [0.2, 0.25) is 0 Å². The lowest BCUT2D eigenvalue weighted by molar-refractivity contribution is 0.0607. The molecule has 1 aromatic carbocycles. The van der Waals surface area contributed by atoms with Gasteiger partial charge in [-0.15, -0.1) is 11.3 Å². The van der Waals surface area contributed by atoms with Gasteiger partial charge in [0.15, 0.2) is 14.9 Å². The topological polar surface area (TPSA) is 79.0 Å². The molecule has 1 saturated heterocycles. The molecule has 0 aliphatic carbocycles. The third-order valence-corrected chi connectivity index (χ3v) is 7.78. The van der Waals surface area contributed by atoms with Crippen molar-refractivity contribution in [3.63, 3.8) is 0 Å². The molecule has 31 heavy (non-hydrogen) atoms. The molecule has 1 aliphatic rings. The van der Waals surface area contributed by atoms with Crippen LogP contribution in [0.25, 0.3) is 0 Å². The van der Waals surface area contributed by atoms with E-state index in [0.29, 0.717) is 20.6 Å². The third-order valence-electron chi connectivity index (χ3n) is 5.21. The minimum absolute atomic E-state index is 0.338. The molecule has 1 aromatic heterocycles. The summed E-state index contributed by atoms with van der Waals surface area (Å²) in [6, 6.07) is 7.07. The number of hydrogen-bond donors (Lipinski definition) is 1. The second kappa shape index (κ2) is 10.1. The smallest absolute Gasteiger partial charge is 0.350 e. The van der Waals surface area contributed by atoms with Crippen molar-refractivity contribution in [1.29, 1.82) is 0 Å². The summed E-state index contributed by atoms with van der Waals surface area (Å²) in [4.78, 5) is 17.3. The molecule has 0 saturated carbocycles. The number of anilines is 1. The third kappa shape index (κ3) is 6.03. The Balaban J connectivity index is 1.59. The van der Waals surface area contributed by atoms with Crippen LogP contribution in [0.1, 0.15) is 27.2 Å². The van der Waals surface area contributed by atoms with Crippen LogP contribution in [0.3, 0.4) is 0 Å². The number of carbonyl (C=O) groups is 1. The van der Waals surface area contributed by atoms with Crippen LogP contribution in [0.5, 0.6) is 0 Å². The number of methoxy groups -OCH3 is 1. The standard InChI is InChI=1S/C21H27N3O4S3/c1-15-14-30-19(20(25)28-2)18(15)22-21(29)24-10-4-9-23(11-12-24)13-16-5-7-17(8-6-16)31(3,26)27/h5-8,14H,4,9-13H2,1-3H3,(H,22,29). The summed E-state index contributed by atoms with van der Waals surface area (Å²) < 4.78 is 28.1. The van der Waals surface area contributed by atoms with Crippen LogP contribution in [0, 0.1) is 6.92 Å². The first-order valence-corrected chi connectivity index (χ1v) is 13.1. The maximum atomic E-state index is 12.0. The summed E-state index contributed by atoms with van der Waals surface area (Å²) in [5.41, 5.74) is 2.76. The minimum atomic E-state index is -3.18. The molecule has 1 fully saturated rings. The van der Waals surface area contributed by atoms with Crippen LogP contribution < -0.4 is 5.32 Å². The van der Waals surface area contributed by atoms with E-state index in [1.54, 1.807) is 12.1 Å². The number of benzene rings is 1. The Kier molecular flexibility index (Phi) is 7.68. The molecule has 1 aliphatic heterocycles. The zero-order chi connectivity index (χ0) is 22.6. The highest BCUT2D eigenvalue weighted by Crippen LogP contribution is 2.28. The van der Waals surface area contributed by atoms with Crippen molar-refractivity contribution in [2.24, 2.45) is 0 Å². The highest BCUT2D eigenvalue weighted by Gasteiger charge is 2.21. The van der Waals surface area contributed by atoms with Gasteiger partial charge in [0.25, 0.3) is 0 Å². The number of nitrogens with zero attached hydrogens (tertiary/aromatic N) is 2. The van der Waals surface area contributed by atoms with Gasteiger partial charge in [-0.3, -0.25) is 4.90 Å². The van der Waals surface area contributed by atoms with E-state index in [-0.39, 0.29) is 5.97 Å². The maximum absolute atomic E-state index is 12.0. The molecule has 0 spiro atoms. The predicted molar refractivity (Wildman–Crippen MR) is 128 cm³/mol. The van der Waals surface area contributed by atoms with Gasteiger partial charge in [0.1, 0.15) is 4.88 Å². The van der Waals surface area contributed by atoms with Gasteiger partial charge in [0.2, 0.25) is 0 Å². The number of thiocarbonyl (C=S) groups is 1. The van der Waals surface area contributed by atoms with Crippen molar-refractivity contribution in [3.05, 3.63) is 45.6 Å². The van der Waals surface area contributed by atoms with Crippen molar-refractivity contribution in [2.45, 2.75) is 24.8 Å². The van der Waals surface area contributed by atoms with E-state index in [0.717, 1.165) is 50.3 Å². The number of esters is 1. The number of nitrogens with one attached hydrogen (secondary N) is 1. The Morgan fingerprint density at radius 2 is 1.90 bits per heavy atom. The Labute approximate surface area is 192 Å². The molecule has 3 rings (SSSR count). The maximum Gasteiger partial charge on any atom is 0.350 e. The van der Waals surface area contributed by atoms with Crippen molar-refractivity contribution >= 4 is 50.2 Å². The number of hydrogen-bond acceptors (Lipinski definition) is 7. The van der Waals surface area contributed by atoms with Gasteiger partial charge >= 0.3 is 5.97 Å². The zero-order valence-corrected chi connectivity index (χ0v) is 20.3. The quantitative estimate of drug-likeness (QED) is 0.515. The average Bonchev–Trinajstić information content (AvgIpc) is 2.94. The average molecular weight is 482 g/mol. The predicted octanol–water partition coefficient (Wildman–Crippen LogP) is 3.15. The second-order valence-corrected chi connectivity index (χ2v) is 10.9. The molecule has 1 N–H and O–H groups in total. The Bertz CT molecular complexity index is 1050. The van der Waals surface area contributed by atoms with Crippen LogP contribution in [0.4, 0.5) is 5.69 Å². The molecule has 10 heteroatoms. The van der Waals surface area contributed by atoms with Gasteiger partial charge < -0.3 is 15.0 Å². The molecule has 0 amide bonds. The molecule has 168 valence electrons. The molecule has 0 bridgehead atoms. The molecule has 0 radical (unpaired) electrons. The number of aryl methyl sites for hydroxylation is 1. The van der Waals surface area contributed by atoms with E-state index in [4.69, 9.17) is 17.0 Å². The fourth-order valence-electron chi connectivity index (χ4n) is 3.46. The number of carbonyl (C=O) groups excluding carboxylic acids is 1. The van der Waals surface area contributed by atoms with E-state index in [1.165, 1.54) is 24.7 Å². The minimum Gasteiger partial charge on any atom is -0.465 e. The lowest BCUT2D eigenvalue weighted by Crippen LogP contribution is -2.38. The highest BCUT2D eigenvalue weighted by molar-refractivity contribution is 7.90. The Hall–Kier alpha value is -2.01. The van der Waals surface area contributed by atoms with Gasteiger partial charge in [0.05, 0.1) is 17.7 Å². The van der Waals surface area contributed by atoms with E-state index < -0.39 is 9.84 Å². The van der Waals surface area contributed by atoms with Crippen LogP contribution >= 0.6 is 23.6 Å². The van der Waals surface area contributed by atoms with Gasteiger partial charge in [-0.25, -0.2) is 13.2 Å². The van der Waals surface area contributed by atoms with Gasteiger partial charge in [0, 0.05) is 39.0 Å². The lowest BCUT2D eigenvalue weighted by Gasteiger charge is -2.25. The molecule has 0 unspecified atom stereocenters. The molecule has 2 aromatic rings. The number of sulfone groups is 1. The Morgan fingerprint density at radius 3 is 2.55 bits per heavy atom. The number of ether oxygens (including phenoxy) is 1. The molecular formula is C21H27N3O4S3. The molecule has 2 heterocycles. The summed E-state index contributed by atoms with van der Waals surface area (Å²) in [6.07, 6.45) is 2.17. The molecule has 0 atom stereocenters. The van der Waals surface area contributed by atoms with Crippen molar-refractivity contribution in [1.82, 2.24) is 9.80 Å². The van der Waals surface area contributed by atoms with E-state index in [2.05, 4.69) is 15.1 Å². The van der Waals surface area contributed by atoms with Crippen LogP contribution in [0.15, 0.2) is 34.5 Å². The summed E-state index contributed by atoms with van der Waals surface area (Å²) in [5.74, 6) is -0.368. The molecule has 7 nitrogen and oxygen atoms in total. The Morgan fingerprint density at radius 1 is 1.19 bits per heavy atom. The largest absolute Gasteiger partial charge is 0.465 e. The summed E-state index contributed by atoms with van der Waals surface area (Å²) in [7, 11) is -1.81. The monoisotopic (exact) mass is 481 g/mol. The number of thiophene rings is 1. The van der Waals surface area contributed by atoms with E-state index in [9.17, 15) is 13.2 Å². The first-order chi connectivity index (χ1) is 14.7. The van der Waals surface area contributed by atoms with Crippen LogP contribution in [-0.4, -0.2) is 68.8 Å². The summed E-state index contributed by atoms with van der Waals surface area (Å²) >= 11 is 6.98. The summed E-state index contributed by atoms with van der Waals surface area (Å²) in [5, 5.41) is 5.76. The molecular weight excluding hydrogens is 454 g/mol. The summed E-state index contributed by atoms with van der Waals surface area (Å²) in [6.45, 7) is 6.05. The fraction of sp³-hybridized carbons (Fsp3) is 0.429. The van der Waals surface area contributed by atoms with Crippen molar-refractivity contribution in [2.75, 3.05) is 44.9 Å². The fourth-order valence-corrected chi connectivity index (χ4v) is 5.30. The van der Waals surface area contributed by atoms with E-state index >= 15 is 0 Å². The first-order valence-electron chi connectivity index (χ1n) is 9.92. The second-order valence-electron chi connectivity index (χ2n) is 7.58. The van der Waals surface area contributed by atoms with Gasteiger partial charge in [-0.1, -0.05) is 12.1 Å². The van der Waals surface area contributed by atoms with Gasteiger partial charge in [-0.2, -0.15) is 0 Å². The van der Waals surface area contributed by atoms with Crippen LogP contribution in [-0.2, 0) is 21.1 Å². The lowest BCUT2D eigenvalue weighted by atomic mass is 10.2. The van der Waals surface area contributed by atoms with Crippen molar-refractivity contribution < 1.29 is 17.9 Å². The SMILES string of the molecule is COC(=O)c1scc(C)c1NC(=S)N1CCCN(Cc2ccc(S(C)(=O)=O)cc2)CC1. The first kappa shape index (κ1) is 23.6. The van der Waals surface area contributed by atoms with Crippen molar-refractivity contribution in [3.8, 4) is 0 Å². The highest BCUT2D eigenvalue weighted by atomic mass is 32.2. The van der Waals surface area contributed by atoms with E-state index in [1.807, 2.05) is 24.4 Å². The normalized spacial score (nSPS) is 15.4.